The number of carbonyl (C=O) groups is 1. The number of non-ortho nitro benzene ring substituents is 1. The summed E-state index contributed by atoms with van der Waals surface area (Å²) in [7, 11) is -2.34. The van der Waals surface area contributed by atoms with Crippen LogP contribution < -0.4 is 14.4 Å². The number of sulfonamides is 1. The number of benzene rings is 2. The summed E-state index contributed by atoms with van der Waals surface area (Å²) in [5.41, 5.74) is 1.14. The van der Waals surface area contributed by atoms with Gasteiger partial charge in [0, 0.05) is 18.7 Å². The lowest BCUT2D eigenvalue weighted by Gasteiger charge is -2.29. The molecule has 0 heterocycles. The molecule has 1 N–H and O–H groups in total. The Morgan fingerprint density at radius 1 is 1.24 bits per heavy atom. The van der Waals surface area contributed by atoms with Gasteiger partial charge in [0.1, 0.15) is 11.8 Å². The number of nitrogens with zero attached hydrogens (tertiary/aromatic N) is 2. The highest BCUT2D eigenvalue weighted by Crippen LogP contribution is 2.29. The predicted molar refractivity (Wildman–Crippen MR) is 109 cm³/mol. The first-order chi connectivity index (χ1) is 13.5. The van der Waals surface area contributed by atoms with E-state index in [4.69, 9.17) is 4.74 Å². The monoisotopic (exact) mass is 421 g/mol. The van der Waals surface area contributed by atoms with E-state index in [9.17, 15) is 23.3 Å². The van der Waals surface area contributed by atoms with Crippen LogP contribution in [-0.2, 0) is 21.4 Å². The van der Waals surface area contributed by atoms with Gasteiger partial charge >= 0.3 is 0 Å². The Morgan fingerprint density at radius 2 is 1.86 bits per heavy atom. The van der Waals surface area contributed by atoms with Crippen molar-refractivity contribution in [1.82, 2.24) is 5.32 Å². The molecule has 0 aliphatic rings. The topological polar surface area (TPSA) is 119 Å². The molecule has 2 aromatic rings. The molecule has 0 unspecified atom stereocenters. The van der Waals surface area contributed by atoms with Crippen LogP contribution >= 0.6 is 0 Å². The summed E-state index contributed by atoms with van der Waals surface area (Å²) in [6, 6.07) is 9.85. The molecule has 0 fully saturated rings. The van der Waals surface area contributed by atoms with Crippen molar-refractivity contribution in [3.8, 4) is 5.75 Å². The highest BCUT2D eigenvalue weighted by molar-refractivity contribution is 7.92. The molecule has 10 heteroatoms. The molecule has 1 atom stereocenters. The number of ether oxygens (including phenoxy) is 1. The SMILES string of the molecule is COc1ccc(CNC(=O)[C@@H](C)N(c2cc([N+](=O)[O-])ccc2C)S(C)(=O)=O)cc1. The molecule has 0 saturated carbocycles. The molecule has 0 aromatic heterocycles. The van der Waals surface area contributed by atoms with Crippen molar-refractivity contribution in [1.29, 1.82) is 0 Å². The molecule has 0 spiro atoms. The van der Waals surface area contributed by atoms with Crippen molar-refractivity contribution in [3.05, 3.63) is 63.7 Å². The first kappa shape index (κ1) is 22.2. The van der Waals surface area contributed by atoms with E-state index in [1.165, 1.54) is 19.1 Å². The number of anilines is 1. The van der Waals surface area contributed by atoms with Crippen LogP contribution in [0.2, 0.25) is 0 Å². The quantitative estimate of drug-likeness (QED) is 0.516. The summed E-state index contributed by atoms with van der Waals surface area (Å²) in [5, 5.41) is 13.8. The number of carbonyl (C=O) groups excluding carboxylic acids is 1. The average Bonchev–Trinajstić information content (AvgIpc) is 2.66. The summed E-state index contributed by atoms with van der Waals surface area (Å²) in [5.74, 6) is 0.148. The van der Waals surface area contributed by atoms with Gasteiger partial charge in [-0.1, -0.05) is 18.2 Å². The van der Waals surface area contributed by atoms with Crippen LogP contribution in [0.15, 0.2) is 42.5 Å². The molecule has 0 radical (unpaired) electrons. The Morgan fingerprint density at radius 3 is 2.38 bits per heavy atom. The smallest absolute Gasteiger partial charge is 0.271 e. The van der Waals surface area contributed by atoms with Crippen molar-refractivity contribution in [2.24, 2.45) is 0 Å². The predicted octanol–water partition coefficient (Wildman–Crippen LogP) is 2.38. The van der Waals surface area contributed by atoms with E-state index < -0.39 is 26.9 Å². The lowest BCUT2D eigenvalue weighted by Crippen LogP contribution is -2.48. The third-order valence-electron chi connectivity index (χ3n) is 4.36. The second kappa shape index (κ2) is 8.91. The van der Waals surface area contributed by atoms with E-state index in [1.54, 1.807) is 38.3 Å². The van der Waals surface area contributed by atoms with Crippen LogP contribution in [-0.4, -0.2) is 38.7 Å². The summed E-state index contributed by atoms with van der Waals surface area (Å²) in [6.07, 6.45) is 0.957. The third kappa shape index (κ3) is 5.44. The molecule has 156 valence electrons. The summed E-state index contributed by atoms with van der Waals surface area (Å²) < 4.78 is 30.8. The Kier molecular flexibility index (Phi) is 6.80. The van der Waals surface area contributed by atoms with Crippen LogP contribution in [0, 0.1) is 17.0 Å². The van der Waals surface area contributed by atoms with Crippen molar-refractivity contribution < 1.29 is 22.9 Å². The molecule has 0 aliphatic heterocycles. The zero-order valence-corrected chi connectivity index (χ0v) is 17.4. The van der Waals surface area contributed by atoms with Crippen molar-refractivity contribution in [3.63, 3.8) is 0 Å². The maximum atomic E-state index is 12.7. The Bertz CT molecular complexity index is 1010. The van der Waals surface area contributed by atoms with Crippen LogP contribution in [0.1, 0.15) is 18.1 Å². The zero-order valence-electron chi connectivity index (χ0n) is 16.6. The second-order valence-corrected chi connectivity index (χ2v) is 8.39. The molecule has 0 bridgehead atoms. The van der Waals surface area contributed by atoms with Gasteiger partial charge in [0.15, 0.2) is 0 Å². The number of hydrogen-bond acceptors (Lipinski definition) is 6. The van der Waals surface area contributed by atoms with E-state index in [0.29, 0.717) is 11.3 Å². The maximum Gasteiger partial charge on any atom is 0.271 e. The fraction of sp³-hybridized carbons (Fsp3) is 0.316. The van der Waals surface area contributed by atoms with Crippen molar-refractivity contribution in [2.45, 2.75) is 26.4 Å². The lowest BCUT2D eigenvalue weighted by molar-refractivity contribution is -0.384. The lowest BCUT2D eigenvalue weighted by atomic mass is 10.1. The summed E-state index contributed by atoms with van der Waals surface area (Å²) in [4.78, 5) is 23.1. The van der Waals surface area contributed by atoms with Gasteiger partial charge in [-0.3, -0.25) is 19.2 Å². The number of rotatable bonds is 8. The third-order valence-corrected chi connectivity index (χ3v) is 5.58. The van der Waals surface area contributed by atoms with Gasteiger partial charge in [0.25, 0.3) is 5.69 Å². The molecule has 2 rings (SSSR count). The minimum Gasteiger partial charge on any atom is -0.497 e. The summed E-state index contributed by atoms with van der Waals surface area (Å²) >= 11 is 0. The number of amides is 1. The van der Waals surface area contributed by atoms with Crippen molar-refractivity contribution in [2.75, 3.05) is 17.7 Å². The van der Waals surface area contributed by atoms with Crippen molar-refractivity contribution >= 4 is 27.3 Å². The van der Waals surface area contributed by atoms with Gasteiger partial charge in [-0.2, -0.15) is 0 Å². The average molecular weight is 421 g/mol. The van der Waals surface area contributed by atoms with E-state index in [-0.39, 0.29) is 17.9 Å². The van der Waals surface area contributed by atoms with Crippen LogP contribution in [0.25, 0.3) is 0 Å². The zero-order chi connectivity index (χ0) is 21.8. The largest absolute Gasteiger partial charge is 0.497 e. The number of nitro benzene ring substituents is 1. The van der Waals surface area contributed by atoms with Crippen LogP contribution in [0.3, 0.4) is 0 Å². The van der Waals surface area contributed by atoms with E-state index >= 15 is 0 Å². The normalized spacial score (nSPS) is 12.1. The molecule has 0 aliphatic carbocycles. The fourth-order valence-corrected chi connectivity index (χ4v) is 4.03. The van der Waals surface area contributed by atoms with Gasteiger partial charge in [-0.25, -0.2) is 8.42 Å². The van der Waals surface area contributed by atoms with Gasteiger partial charge in [0.05, 0.1) is 24.0 Å². The standard InChI is InChI=1S/C19H23N3O6S/c1-13-5-8-16(22(24)25)11-18(13)21(29(4,26)27)14(2)19(23)20-12-15-6-9-17(28-3)10-7-15/h5-11,14H,12H2,1-4H3,(H,20,23)/t14-/m1/s1. The molecule has 0 saturated heterocycles. The number of aryl methyl sites for hydroxylation is 1. The maximum absolute atomic E-state index is 12.7. The molecular formula is C19H23N3O6S. The minimum absolute atomic E-state index is 0.0915. The number of methoxy groups -OCH3 is 1. The van der Waals surface area contributed by atoms with Gasteiger partial charge < -0.3 is 10.1 Å². The number of nitrogens with one attached hydrogen (secondary N) is 1. The highest BCUT2D eigenvalue weighted by Gasteiger charge is 2.31. The van der Waals surface area contributed by atoms with Gasteiger partial charge in [-0.15, -0.1) is 0 Å². The molecule has 9 nitrogen and oxygen atoms in total. The Labute approximate surface area is 169 Å². The molecule has 1 amide bonds. The Balaban J connectivity index is 2.27. The van der Waals surface area contributed by atoms with E-state index in [0.717, 1.165) is 22.2 Å². The number of hydrogen-bond donors (Lipinski definition) is 1. The van der Waals surface area contributed by atoms with Gasteiger partial charge in [-0.05, 0) is 37.1 Å². The molecule has 29 heavy (non-hydrogen) atoms. The van der Waals surface area contributed by atoms with Gasteiger partial charge in [0.2, 0.25) is 15.9 Å². The number of nitro groups is 1. The van der Waals surface area contributed by atoms with E-state index in [1.807, 2.05) is 0 Å². The molecule has 2 aromatic carbocycles. The second-order valence-electron chi connectivity index (χ2n) is 6.53. The fourth-order valence-electron chi connectivity index (χ4n) is 2.81. The van der Waals surface area contributed by atoms with Crippen LogP contribution in [0.5, 0.6) is 5.75 Å². The first-order valence-corrected chi connectivity index (χ1v) is 10.5. The first-order valence-electron chi connectivity index (χ1n) is 8.69. The summed E-state index contributed by atoms with van der Waals surface area (Å²) in [6.45, 7) is 3.25. The molecular weight excluding hydrogens is 398 g/mol. The minimum atomic E-state index is -3.89. The highest BCUT2D eigenvalue weighted by atomic mass is 32.2. The van der Waals surface area contributed by atoms with E-state index in [2.05, 4.69) is 5.32 Å². The van der Waals surface area contributed by atoms with Crippen LogP contribution in [0.4, 0.5) is 11.4 Å². The Hall–Kier alpha value is -3.14.